The third kappa shape index (κ3) is 3.58. The standard InChI is InChI=1S/C18H19NO/c1-13-5-8-16(9-6-13)18(20)10-11-19-17-12-14(2)4-7-15(17)3/h4-12,19H,1-3H3. The average molecular weight is 265 g/mol. The molecule has 2 heteroatoms. The lowest BCUT2D eigenvalue weighted by Crippen LogP contribution is -1.97. The molecule has 0 atom stereocenters. The van der Waals surface area contributed by atoms with Crippen molar-refractivity contribution in [3.63, 3.8) is 0 Å². The van der Waals surface area contributed by atoms with E-state index in [1.807, 2.05) is 45.0 Å². The second kappa shape index (κ2) is 6.20. The monoisotopic (exact) mass is 265 g/mol. The molecule has 0 spiro atoms. The fourth-order valence-electron chi connectivity index (χ4n) is 1.91. The molecule has 2 aromatic rings. The molecule has 0 aliphatic rings. The molecular weight excluding hydrogens is 246 g/mol. The van der Waals surface area contributed by atoms with Gasteiger partial charge in [-0.15, -0.1) is 0 Å². The molecule has 20 heavy (non-hydrogen) atoms. The summed E-state index contributed by atoms with van der Waals surface area (Å²) >= 11 is 0. The van der Waals surface area contributed by atoms with E-state index in [1.165, 1.54) is 5.56 Å². The lowest BCUT2D eigenvalue weighted by Gasteiger charge is -2.06. The maximum absolute atomic E-state index is 12.0. The lowest BCUT2D eigenvalue weighted by atomic mass is 10.1. The van der Waals surface area contributed by atoms with Gasteiger partial charge in [-0.1, -0.05) is 42.0 Å². The normalized spacial score (nSPS) is 10.8. The van der Waals surface area contributed by atoms with Crippen molar-refractivity contribution in [2.45, 2.75) is 20.8 Å². The van der Waals surface area contributed by atoms with E-state index in [2.05, 4.69) is 23.5 Å². The minimum atomic E-state index is 0.00260. The first kappa shape index (κ1) is 14.1. The van der Waals surface area contributed by atoms with Crippen LogP contribution in [0.2, 0.25) is 0 Å². The zero-order valence-electron chi connectivity index (χ0n) is 12.1. The Morgan fingerprint density at radius 3 is 2.30 bits per heavy atom. The van der Waals surface area contributed by atoms with E-state index in [0.717, 1.165) is 16.8 Å². The van der Waals surface area contributed by atoms with Gasteiger partial charge in [0.15, 0.2) is 5.78 Å². The summed E-state index contributed by atoms with van der Waals surface area (Å²) in [6.07, 6.45) is 3.26. The number of rotatable bonds is 4. The Morgan fingerprint density at radius 2 is 1.60 bits per heavy atom. The number of hydrogen-bond donors (Lipinski definition) is 1. The summed E-state index contributed by atoms with van der Waals surface area (Å²) < 4.78 is 0. The van der Waals surface area contributed by atoms with Gasteiger partial charge in [0.1, 0.15) is 0 Å². The number of carbonyl (C=O) groups excluding carboxylic acids is 1. The van der Waals surface area contributed by atoms with Crippen molar-refractivity contribution in [2.24, 2.45) is 0 Å². The molecule has 0 amide bonds. The molecule has 0 fully saturated rings. The molecular formula is C18H19NO. The fourth-order valence-corrected chi connectivity index (χ4v) is 1.91. The Labute approximate surface area is 120 Å². The SMILES string of the molecule is Cc1ccc(C(=O)C=CNc2cc(C)ccc2C)cc1. The molecule has 0 heterocycles. The third-order valence-electron chi connectivity index (χ3n) is 3.20. The Morgan fingerprint density at radius 1 is 0.950 bits per heavy atom. The number of ketones is 1. The molecule has 0 aliphatic carbocycles. The quantitative estimate of drug-likeness (QED) is 0.655. The summed E-state index contributed by atoms with van der Waals surface area (Å²) in [4.78, 5) is 12.0. The molecule has 0 saturated heterocycles. The van der Waals surface area contributed by atoms with Gasteiger partial charge in [0.05, 0.1) is 0 Å². The molecule has 0 radical (unpaired) electrons. The average Bonchev–Trinajstić information content (AvgIpc) is 2.43. The second-order valence-corrected chi connectivity index (χ2v) is 5.03. The summed E-state index contributed by atoms with van der Waals surface area (Å²) in [6.45, 7) is 6.09. The molecule has 2 aromatic carbocycles. The van der Waals surface area contributed by atoms with E-state index in [9.17, 15) is 4.79 Å². The predicted molar refractivity (Wildman–Crippen MR) is 84.2 cm³/mol. The van der Waals surface area contributed by atoms with Gasteiger partial charge in [0, 0.05) is 23.5 Å². The van der Waals surface area contributed by atoms with Crippen molar-refractivity contribution in [3.05, 3.63) is 77.0 Å². The topological polar surface area (TPSA) is 29.1 Å². The maximum Gasteiger partial charge on any atom is 0.187 e. The first-order valence-corrected chi connectivity index (χ1v) is 6.67. The van der Waals surface area contributed by atoms with Crippen LogP contribution in [0, 0.1) is 20.8 Å². The van der Waals surface area contributed by atoms with Crippen LogP contribution in [-0.2, 0) is 0 Å². The first-order valence-electron chi connectivity index (χ1n) is 6.67. The van der Waals surface area contributed by atoms with E-state index >= 15 is 0 Å². The van der Waals surface area contributed by atoms with Gasteiger partial charge in [0.2, 0.25) is 0 Å². The number of benzene rings is 2. The van der Waals surface area contributed by atoms with E-state index in [1.54, 1.807) is 12.3 Å². The number of hydrogen-bond acceptors (Lipinski definition) is 2. The second-order valence-electron chi connectivity index (χ2n) is 5.03. The molecule has 2 rings (SSSR count). The number of nitrogens with one attached hydrogen (secondary N) is 1. The number of aryl methyl sites for hydroxylation is 3. The molecule has 0 aliphatic heterocycles. The van der Waals surface area contributed by atoms with Crippen LogP contribution in [0.15, 0.2) is 54.7 Å². The summed E-state index contributed by atoms with van der Waals surface area (Å²) in [5.41, 5.74) is 5.23. The van der Waals surface area contributed by atoms with E-state index < -0.39 is 0 Å². The van der Waals surface area contributed by atoms with Crippen LogP contribution in [0.1, 0.15) is 27.0 Å². The van der Waals surface area contributed by atoms with Gasteiger partial charge in [-0.3, -0.25) is 4.79 Å². The molecule has 2 nitrogen and oxygen atoms in total. The lowest BCUT2D eigenvalue weighted by molar-refractivity contribution is 0.104. The Hall–Kier alpha value is -2.35. The number of carbonyl (C=O) groups is 1. The molecule has 0 unspecified atom stereocenters. The van der Waals surface area contributed by atoms with E-state index in [0.29, 0.717) is 5.56 Å². The molecule has 0 bridgehead atoms. The van der Waals surface area contributed by atoms with Crippen molar-refractivity contribution in [2.75, 3.05) is 5.32 Å². The van der Waals surface area contributed by atoms with Crippen LogP contribution >= 0.6 is 0 Å². The highest BCUT2D eigenvalue weighted by molar-refractivity contribution is 6.04. The van der Waals surface area contributed by atoms with Gasteiger partial charge < -0.3 is 5.32 Å². The van der Waals surface area contributed by atoms with Crippen molar-refractivity contribution in [1.82, 2.24) is 0 Å². The maximum atomic E-state index is 12.0. The van der Waals surface area contributed by atoms with Gasteiger partial charge in [-0.2, -0.15) is 0 Å². The fraction of sp³-hybridized carbons (Fsp3) is 0.167. The van der Waals surface area contributed by atoms with Gasteiger partial charge in [-0.25, -0.2) is 0 Å². The van der Waals surface area contributed by atoms with Crippen LogP contribution in [0.5, 0.6) is 0 Å². The highest BCUT2D eigenvalue weighted by Gasteiger charge is 2.00. The Bertz CT molecular complexity index is 639. The van der Waals surface area contributed by atoms with Crippen LogP contribution in [0.3, 0.4) is 0 Å². The zero-order valence-corrected chi connectivity index (χ0v) is 12.1. The highest BCUT2D eigenvalue weighted by atomic mass is 16.1. The summed E-state index contributed by atoms with van der Waals surface area (Å²) in [6, 6.07) is 13.8. The predicted octanol–water partition coefficient (Wildman–Crippen LogP) is 4.42. The van der Waals surface area contributed by atoms with Crippen LogP contribution in [-0.4, -0.2) is 5.78 Å². The van der Waals surface area contributed by atoms with Crippen LogP contribution in [0.4, 0.5) is 5.69 Å². The summed E-state index contributed by atoms with van der Waals surface area (Å²) in [7, 11) is 0. The van der Waals surface area contributed by atoms with Gasteiger partial charge in [0.25, 0.3) is 0 Å². The number of allylic oxidation sites excluding steroid dienone is 1. The molecule has 0 saturated carbocycles. The third-order valence-corrected chi connectivity index (χ3v) is 3.20. The smallest absolute Gasteiger partial charge is 0.187 e. The van der Waals surface area contributed by atoms with Crippen molar-refractivity contribution < 1.29 is 4.79 Å². The van der Waals surface area contributed by atoms with Crippen LogP contribution < -0.4 is 5.32 Å². The molecule has 0 aromatic heterocycles. The minimum Gasteiger partial charge on any atom is -0.361 e. The van der Waals surface area contributed by atoms with E-state index in [-0.39, 0.29) is 5.78 Å². The van der Waals surface area contributed by atoms with E-state index in [4.69, 9.17) is 0 Å². The summed E-state index contributed by atoms with van der Waals surface area (Å²) in [5, 5.41) is 3.16. The largest absolute Gasteiger partial charge is 0.361 e. The van der Waals surface area contributed by atoms with Gasteiger partial charge >= 0.3 is 0 Å². The summed E-state index contributed by atoms with van der Waals surface area (Å²) in [5.74, 6) is 0.00260. The molecule has 1 N–H and O–H groups in total. The number of anilines is 1. The Balaban J connectivity index is 2.04. The molecule has 102 valence electrons. The zero-order chi connectivity index (χ0) is 14.5. The van der Waals surface area contributed by atoms with Gasteiger partial charge in [-0.05, 0) is 38.0 Å². The van der Waals surface area contributed by atoms with Crippen molar-refractivity contribution in [1.29, 1.82) is 0 Å². The van der Waals surface area contributed by atoms with Crippen molar-refractivity contribution in [3.8, 4) is 0 Å². The minimum absolute atomic E-state index is 0.00260. The first-order chi connectivity index (χ1) is 9.56. The highest BCUT2D eigenvalue weighted by Crippen LogP contribution is 2.16. The van der Waals surface area contributed by atoms with Crippen LogP contribution in [0.25, 0.3) is 0 Å². The Kier molecular flexibility index (Phi) is 4.36. The van der Waals surface area contributed by atoms with Crippen molar-refractivity contribution >= 4 is 11.5 Å².